The lowest BCUT2D eigenvalue weighted by Crippen LogP contribution is -2.16. The highest BCUT2D eigenvalue weighted by Gasteiger charge is 1.92. The fourth-order valence-electron chi connectivity index (χ4n) is 0.505. The molecule has 2 radical (unpaired) electrons. The first kappa shape index (κ1) is 6.07. The van der Waals surface area contributed by atoms with Gasteiger partial charge in [-0.2, -0.15) is 0 Å². The van der Waals surface area contributed by atoms with Crippen LogP contribution in [0.15, 0.2) is 6.20 Å². The van der Waals surface area contributed by atoms with E-state index >= 15 is 0 Å². The van der Waals surface area contributed by atoms with Gasteiger partial charge in [-0.15, -0.1) is 0 Å². The van der Waals surface area contributed by atoms with E-state index in [9.17, 15) is 0 Å². The average molecular weight is 119 g/mol. The van der Waals surface area contributed by atoms with Crippen molar-refractivity contribution in [1.29, 1.82) is 0 Å². The topological polar surface area (TPSA) is 51.8 Å². The number of anilines is 1. The highest BCUT2D eigenvalue weighted by Crippen LogP contribution is 1.88. The quantitative estimate of drug-likeness (QED) is 0.453. The van der Waals surface area contributed by atoms with Crippen molar-refractivity contribution >= 4 is 19.3 Å². The largest absolute Gasteiger partial charge is 0.383 e. The molecule has 44 valence electrons. The summed E-state index contributed by atoms with van der Waals surface area (Å²) >= 11 is 0. The summed E-state index contributed by atoms with van der Waals surface area (Å²) in [5, 5.41) is 0. The lowest BCUT2D eigenvalue weighted by atomic mass is 10.0. The van der Waals surface area contributed by atoms with Gasteiger partial charge in [0, 0.05) is 5.59 Å². The van der Waals surface area contributed by atoms with Gasteiger partial charge in [-0.05, 0) is 6.92 Å². The number of nitrogens with zero attached hydrogens (tertiary/aromatic N) is 2. The van der Waals surface area contributed by atoms with Crippen LogP contribution in [0.2, 0.25) is 0 Å². The van der Waals surface area contributed by atoms with Gasteiger partial charge < -0.3 is 5.73 Å². The zero-order valence-electron chi connectivity index (χ0n) is 5.13. The fourth-order valence-corrected chi connectivity index (χ4v) is 0.505. The van der Waals surface area contributed by atoms with Crippen LogP contribution in [0.5, 0.6) is 0 Å². The third-order valence-corrected chi connectivity index (χ3v) is 0.950. The summed E-state index contributed by atoms with van der Waals surface area (Å²) in [4.78, 5) is 7.63. The van der Waals surface area contributed by atoms with Gasteiger partial charge in [0.15, 0.2) is 0 Å². The molecule has 1 heterocycles. The van der Waals surface area contributed by atoms with E-state index < -0.39 is 0 Å². The van der Waals surface area contributed by atoms with E-state index in [2.05, 4.69) is 9.97 Å². The number of nitrogen functional groups attached to an aromatic ring is 1. The molecule has 0 bridgehead atoms. The molecule has 0 aliphatic carbocycles. The summed E-state index contributed by atoms with van der Waals surface area (Å²) in [7, 11) is 5.32. The Kier molecular flexibility index (Phi) is 1.38. The van der Waals surface area contributed by atoms with Crippen LogP contribution in [-0.4, -0.2) is 17.8 Å². The van der Waals surface area contributed by atoms with Crippen molar-refractivity contribution < 1.29 is 0 Å². The Hall–Kier alpha value is -1.06. The molecule has 0 saturated heterocycles. The summed E-state index contributed by atoms with van der Waals surface area (Å²) in [6.07, 6.45) is 1.58. The Bertz CT molecular complexity index is 223. The van der Waals surface area contributed by atoms with Gasteiger partial charge in [-0.25, -0.2) is 4.98 Å². The van der Waals surface area contributed by atoms with Gasteiger partial charge in [-0.1, -0.05) is 0 Å². The van der Waals surface area contributed by atoms with E-state index in [-0.39, 0.29) is 0 Å². The minimum Gasteiger partial charge on any atom is -0.383 e. The molecule has 1 rings (SSSR count). The van der Waals surface area contributed by atoms with Crippen LogP contribution in [0.4, 0.5) is 5.82 Å². The van der Waals surface area contributed by atoms with E-state index in [1.807, 2.05) is 6.92 Å². The van der Waals surface area contributed by atoms with Crippen LogP contribution in [0.3, 0.4) is 0 Å². The smallest absolute Gasteiger partial charge is 0.147 e. The Morgan fingerprint density at radius 3 is 2.78 bits per heavy atom. The molecule has 0 amide bonds. The molecule has 4 heteroatoms. The molecule has 0 aliphatic rings. The maximum atomic E-state index is 5.32. The molecule has 0 aliphatic heterocycles. The van der Waals surface area contributed by atoms with Gasteiger partial charge in [0.1, 0.15) is 13.7 Å². The zero-order chi connectivity index (χ0) is 6.85. The molecule has 0 unspecified atom stereocenters. The van der Waals surface area contributed by atoms with Crippen LogP contribution in [0.1, 0.15) is 5.69 Å². The van der Waals surface area contributed by atoms with Gasteiger partial charge in [0.25, 0.3) is 0 Å². The van der Waals surface area contributed by atoms with Crippen molar-refractivity contribution in [2.45, 2.75) is 6.92 Å². The molecular formula is C5H6BN3. The lowest BCUT2D eigenvalue weighted by molar-refractivity contribution is 1.16. The molecule has 0 aromatic carbocycles. The SMILES string of the molecule is [B]c1nc(C)cnc1N. The van der Waals surface area contributed by atoms with E-state index in [0.717, 1.165) is 5.69 Å². The third kappa shape index (κ3) is 1.19. The van der Waals surface area contributed by atoms with Crippen molar-refractivity contribution in [3.05, 3.63) is 11.9 Å². The van der Waals surface area contributed by atoms with Crippen LogP contribution >= 0.6 is 0 Å². The molecule has 0 atom stereocenters. The average Bonchev–Trinajstić information content (AvgIpc) is 1.80. The van der Waals surface area contributed by atoms with Crippen molar-refractivity contribution in [3.63, 3.8) is 0 Å². The lowest BCUT2D eigenvalue weighted by Gasteiger charge is -1.96. The van der Waals surface area contributed by atoms with Crippen molar-refractivity contribution in [2.24, 2.45) is 0 Å². The Labute approximate surface area is 54.7 Å². The van der Waals surface area contributed by atoms with Gasteiger partial charge in [0.2, 0.25) is 0 Å². The first-order valence-corrected chi connectivity index (χ1v) is 2.55. The molecule has 1 aromatic heterocycles. The number of aryl methyl sites for hydroxylation is 1. The van der Waals surface area contributed by atoms with E-state index in [4.69, 9.17) is 13.6 Å². The molecule has 2 N–H and O–H groups in total. The van der Waals surface area contributed by atoms with Gasteiger partial charge >= 0.3 is 0 Å². The van der Waals surface area contributed by atoms with Crippen LogP contribution in [-0.2, 0) is 0 Å². The first-order valence-electron chi connectivity index (χ1n) is 2.55. The zero-order valence-corrected chi connectivity index (χ0v) is 5.13. The van der Waals surface area contributed by atoms with Crippen molar-refractivity contribution in [3.8, 4) is 0 Å². The summed E-state index contributed by atoms with van der Waals surface area (Å²) in [5.41, 5.74) is 6.37. The maximum Gasteiger partial charge on any atom is 0.147 e. The Balaban J connectivity index is 3.17. The van der Waals surface area contributed by atoms with Crippen LogP contribution in [0.25, 0.3) is 0 Å². The summed E-state index contributed by atoms with van der Waals surface area (Å²) in [5.74, 6) is 0.292. The summed E-state index contributed by atoms with van der Waals surface area (Å²) in [6.45, 7) is 1.81. The van der Waals surface area contributed by atoms with Gasteiger partial charge in [-0.3, -0.25) is 4.98 Å². The van der Waals surface area contributed by atoms with Gasteiger partial charge in [0.05, 0.1) is 11.9 Å². The standard InChI is InChI=1S/C5H6BN3/c1-3-2-8-5(7)4(6)9-3/h2H,1H3,(H2,7,8). The molecule has 0 spiro atoms. The molecule has 1 aromatic rings. The number of rotatable bonds is 0. The maximum absolute atomic E-state index is 5.32. The minimum absolute atomic E-state index is 0.292. The predicted molar refractivity (Wildman–Crippen MR) is 36.6 cm³/mol. The second-order valence-corrected chi connectivity index (χ2v) is 1.78. The fraction of sp³-hybridized carbons (Fsp3) is 0.200. The summed E-state index contributed by atoms with van der Waals surface area (Å²) < 4.78 is 0. The monoisotopic (exact) mass is 119 g/mol. The predicted octanol–water partition coefficient (Wildman–Crippen LogP) is -0.839. The van der Waals surface area contributed by atoms with E-state index in [1.54, 1.807) is 6.20 Å². The van der Waals surface area contributed by atoms with E-state index in [0.29, 0.717) is 11.4 Å². The molecule has 0 saturated carbocycles. The number of hydrogen-bond acceptors (Lipinski definition) is 3. The second kappa shape index (κ2) is 2.05. The number of hydrogen-bond donors (Lipinski definition) is 1. The number of aromatic nitrogens is 2. The summed E-state index contributed by atoms with van der Waals surface area (Å²) in [6, 6.07) is 0. The van der Waals surface area contributed by atoms with Crippen LogP contribution < -0.4 is 11.3 Å². The highest BCUT2D eigenvalue weighted by molar-refractivity contribution is 6.33. The van der Waals surface area contributed by atoms with Crippen molar-refractivity contribution in [1.82, 2.24) is 9.97 Å². The van der Waals surface area contributed by atoms with Crippen molar-refractivity contribution in [2.75, 3.05) is 5.73 Å². The van der Waals surface area contributed by atoms with Crippen LogP contribution in [0, 0.1) is 6.92 Å². The molecule has 0 fully saturated rings. The third-order valence-electron chi connectivity index (χ3n) is 0.950. The Morgan fingerprint density at radius 2 is 2.33 bits per heavy atom. The first-order chi connectivity index (χ1) is 4.20. The van der Waals surface area contributed by atoms with E-state index in [1.165, 1.54) is 0 Å². The Morgan fingerprint density at radius 1 is 1.67 bits per heavy atom. The second-order valence-electron chi connectivity index (χ2n) is 1.78. The molecular weight excluding hydrogens is 113 g/mol. The normalized spacial score (nSPS) is 9.44. The molecule has 3 nitrogen and oxygen atoms in total. The molecule has 9 heavy (non-hydrogen) atoms. The minimum atomic E-state index is 0.292. The number of nitrogens with two attached hydrogens (primary N) is 1. The highest BCUT2D eigenvalue weighted by atomic mass is 14.9.